The van der Waals surface area contributed by atoms with Crippen molar-refractivity contribution < 1.29 is 14.0 Å². The highest BCUT2D eigenvalue weighted by Gasteiger charge is 2.34. The Labute approximate surface area is 220 Å². The van der Waals surface area contributed by atoms with Crippen molar-refractivity contribution in [1.29, 1.82) is 0 Å². The first-order chi connectivity index (χ1) is 16.8. The molecule has 2 amide bonds. The molecule has 0 radical (unpaired) electrons. The summed E-state index contributed by atoms with van der Waals surface area (Å²) >= 11 is 0. The van der Waals surface area contributed by atoms with E-state index in [9.17, 15) is 14.0 Å². The average Bonchev–Trinajstić information content (AvgIpc) is 2.83. The summed E-state index contributed by atoms with van der Waals surface area (Å²) in [7, 11) is 0. The van der Waals surface area contributed by atoms with Crippen LogP contribution in [0.2, 0.25) is 0 Å². The van der Waals surface area contributed by atoms with Crippen molar-refractivity contribution in [2.45, 2.75) is 52.9 Å². The van der Waals surface area contributed by atoms with Crippen LogP contribution >= 0.6 is 12.4 Å². The van der Waals surface area contributed by atoms with Gasteiger partial charge in [-0.3, -0.25) is 9.59 Å². The van der Waals surface area contributed by atoms with Gasteiger partial charge in [0.25, 0.3) is 5.91 Å². The van der Waals surface area contributed by atoms with Gasteiger partial charge >= 0.3 is 0 Å². The smallest absolute Gasteiger partial charge is 0.251 e. The molecular formula is C29H39ClFN3O2. The first-order valence-corrected chi connectivity index (χ1v) is 13.0. The lowest BCUT2D eigenvalue weighted by Gasteiger charge is -2.38. The van der Waals surface area contributed by atoms with Crippen LogP contribution in [-0.2, 0) is 11.2 Å². The Hall–Kier alpha value is -2.44. The summed E-state index contributed by atoms with van der Waals surface area (Å²) in [6, 6.07) is 10.7. The molecule has 4 rings (SSSR count). The Morgan fingerprint density at radius 3 is 2.42 bits per heavy atom. The number of hydrogen-bond acceptors (Lipinski definition) is 3. The van der Waals surface area contributed by atoms with Gasteiger partial charge in [0.1, 0.15) is 5.82 Å². The zero-order chi connectivity index (χ0) is 24.9. The van der Waals surface area contributed by atoms with Crippen LogP contribution in [0.15, 0.2) is 36.4 Å². The molecule has 0 aromatic heterocycles. The fourth-order valence-electron chi connectivity index (χ4n) is 5.74. The highest BCUT2D eigenvalue weighted by molar-refractivity contribution is 5.99. The van der Waals surface area contributed by atoms with Crippen LogP contribution in [0.4, 0.5) is 10.1 Å². The number of halogens is 2. The molecule has 0 bridgehead atoms. The van der Waals surface area contributed by atoms with E-state index in [4.69, 9.17) is 0 Å². The number of likely N-dealkylation sites (tertiary alicyclic amines) is 1. The summed E-state index contributed by atoms with van der Waals surface area (Å²) < 4.78 is 14.3. The molecule has 5 nitrogen and oxygen atoms in total. The minimum atomic E-state index is -0.188. The number of benzene rings is 2. The number of aryl methyl sites for hydroxylation is 2. The molecule has 0 spiro atoms. The molecule has 2 aromatic rings. The van der Waals surface area contributed by atoms with E-state index in [1.807, 2.05) is 49.9 Å². The number of anilines is 1. The number of hydrogen-bond donors (Lipinski definition) is 1. The summed E-state index contributed by atoms with van der Waals surface area (Å²) in [5, 5.41) is 3.06. The molecule has 2 atom stereocenters. The SMILES string of the molecule is Cc1cc(C(=O)NCCN2CCCCC2)cc(C)c1N1C[C@@H](Cc2ccccc2F)C[C@@H](C)C1=O.Cl. The first kappa shape index (κ1) is 28.1. The minimum absolute atomic E-state index is 0. The lowest BCUT2D eigenvalue weighted by Crippen LogP contribution is -2.46. The van der Waals surface area contributed by atoms with Gasteiger partial charge in [-0.2, -0.15) is 0 Å². The van der Waals surface area contributed by atoms with E-state index in [2.05, 4.69) is 10.2 Å². The first-order valence-electron chi connectivity index (χ1n) is 13.0. The second-order valence-corrected chi connectivity index (χ2v) is 10.4. The average molecular weight is 516 g/mol. The van der Waals surface area contributed by atoms with Crippen molar-refractivity contribution in [3.63, 3.8) is 0 Å². The monoisotopic (exact) mass is 515 g/mol. The maximum Gasteiger partial charge on any atom is 0.251 e. The number of nitrogens with one attached hydrogen (secondary N) is 1. The van der Waals surface area contributed by atoms with Gasteiger partial charge in [-0.1, -0.05) is 31.5 Å². The number of rotatable bonds is 7. The third kappa shape index (κ3) is 6.65. The predicted molar refractivity (Wildman–Crippen MR) is 146 cm³/mol. The van der Waals surface area contributed by atoms with Crippen LogP contribution in [0.25, 0.3) is 0 Å². The summed E-state index contributed by atoms with van der Waals surface area (Å²) in [5.41, 5.74) is 4.04. The Morgan fingerprint density at radius 2 is 1.75 bits per heavy atom. The predicted octanol–water partition coefficient (Wildman–Crippen LogP) is 5.31. The number of nitrogens with zero attached hydrogens (tertiary/aromatic N) is 2. The highest BCUT2D eigenvalue weighted by Crippen LogP contribution is 2.34. The van der Waals surface area contributed by atoms with Gasteiger partial charge in [0.2, 0.25) is 5.91 Å². The lowest BCUT2D eigenvalue weighted by atomic mass is 9.84. The Bertz CT molecular complexity index is 1050. The second kappa shape index (κ2) is 12.7. The molecule has 2 aliphatic heterocycles. The van der Waals surface area contributed by atoms with Crippen molar-refractivity contribution >= 4 is 29.9 Å². The van der Waals surface area contributed by atoms with Gasteiger partial charge in [-0.15, -0.1) is 12.4 Å². The molecule has 2 aliphatic rings. The molecule has 36 heavy (non-hydrogen) atoms. The van der Waals surface area contributed by atoms with Crippen LogP contribution in [0, 0.1) is 31.5 Å². The van der Waals surface area contributed by atoms with E-state index in [0.29, 0.717) is 30.6 Å². The van der Waals surface area contributed by atoms with Gasteiger partial charge < -0.3 is 15.1 Å². The van der Waals surface area contributed by atoms with E-state index >= 15 is 0 Å². The molecule has 2 aromatic carbocycles. The van der Waals surface area contributed by atoms with E-state index in [1.54, 1.807) is 6.07 Å². The third-order valence-corrected chi connectivity index (χ3v) is 7.47. The van der Waals surface area contributed by atoms with Crippen molar-refractivity contribution in [2.24, 2.45) is 11.8 Å². The Balaban J connectivity index is 0.00000361. The number of carbonyl (C=O) groups excluding carboxylic acids is 2. The zero-order valence-electron chi connectivity index (χ0n) is 21.7. The van der Waals surface area contributed by atoms with Gasteiger partial charge in [0.05, 0.1) is 0 Å². The van der Waals surface area contributed by atoms with Gasteiger partial charge in [-0.25, -0.2) is 4.39 Å². The molecule has 2 fully saturated rings. The Morgan fingerprint density at radius 1 is 1.08 bits per heavy atom. The largest absolute Gasteiger partial charge is 0.351 e. The second-order valence-electron chi connectivity index (χ2n) is 10.4. The quantitative estimate of drug-likeness (QED) is 0.543. The lowest BCUT2D eigenvalue weighted by molar-refractivity contribution is -0.124. The standard InChI is InChI=1S/C29H38FN3O2.ClH/c1-20-16-25(28(34)31-11-14-32-12-7-4-8-13-32)17-21(2)27(20)33-19-23(15-22(3)29(33)35)18-24-9-5-6-10-26(24)30;/h5-6,9-10,16-17,22-23H,4,7-8,11-15,18-19H2,1-3H3,(H,31,34);1H/t22-,23-;/m1./s1. The van der Waals surface area contributed by atoms with Crippen molar-refractivity contribution in [2.75, 3.05) is 37.6 Å². The number of piperidine rings is 2. The zero-order valence-corrected chi connectivity index (χ0v) is 22.5. The van der Waals surface area contributed by atoms with Gasteiger partial charge in [-0.05, 0) is 93.4 Å². The summed E-state index contributed by atoms with van der Waals surface area (Å²) in [6.07, 6.45) is 5.14. The fourth-order valence-corrected chi connectivity index (χ4v) is 5.74. The minimum Gasteiger partial charge on any atom is -0.351 e. The number of amides is 2. The van der Waals surface area contributed by atoms with Gasteiger partial charge in [0, 0.05) is 36.8 Å². The van der Waals surface area contributed by atoms with E-state index < -0.39 is 0 Å². The van der Waals surface area contributed by atoms with Crippen molar-refractivity contribution in [3.05, 3.63) is 64.5 Å². The van der Waals surface area contributed by atoms with E-state index in [1.165, 1.54) is 25.3 Å². The third-order valence-electron chi connectivity index (χ3n) is 7.47. The van der Waals surface area contributed by atoms with Gasteiger partial charge in [0.15, 0.2) is 0 Å². The van der Waals surface area contributed by atoms with E-state index in [0.717, 1.165) is 42.9 Å². The highest BCUT2D eigenvalue weighted by atomic mass is 35.5. The van der Waals surface area contributed by atoms with Crippen molar-refractivity contribution in [1.82, 2.24) is 10.2 Å². The number of carbonyl (C=O) groups is 2. The molecule has 0 aliphatic carbocycles. The van der Waals surface area contributed by atoms with Crippen LogP contribution in [0.1, 0.15) is 59.7 Å². The maximum absolute atomic E-state index is 14.3. The fraction of sp³-hybridized carbons (Fsp3) is 0.517. The van der Waals surface area contributed by atoms with Crippen LogP contribution < -0.4 is 10.2 Å². The summed E-state index contributed by atoms with van der Waals surface area (Å²) in [5.74, 6) is -0.116. The molecule has 2 saturated heterocycles. The molecule has 196 valence electrons. The topological polar surface area (TPSA) is 52.7 Å². The molecule has 1 N–H and O–H groups in total. The molecule has 2 heterocycles. The van der Waals surface area contributed by atoms with Crippen molar-refractivity contribution in [3.8, 4) is 0 Å². The van der Waals surface area contributed by atoms with Crippen LogP contribution in [0.5, 0.6) is 0 Å². The summed E-state index contributed by atoms with van der Waals surface area (Å²) in [4.78, 5) is 30.3. The maximum atomic E-state index is 14.3. The molecular weight excluding hydrogens is 477 g/mol. The molecule has 0 unspecified atom stereocenters. The van der Waals surface area contributed by atoms with Crippen LogP contribution in [0.3, 0.4) is 0 Å². The summed E-state index contributed by atoms with van der Waals surface area (Å²) in [6.45, 7) is 10.2. The molecule has 0 saturated carbocycles. The van der Waals surface area contributed by atoms with E-state index in [-0.39, 0.29) is 41.9 Å². The normalized spacial score (nSPS) is 20.7. The van der Waals surface area contributed by atoms with Crippen LogP contribution in [-0.4, -0.2) is 49.4 Å². The Kier molecular flexibility index (Phi) is 9.92. The molecule has 7 heteroatoms.